The van der Waals surface area contributed by atoms with Gasteiger partial charge in [-0.3, -0.25) is 24.0 Å². The van der Waals surface area contributed by atoms with Gasteiger partial charge in [-0.2, -0.15) is 0 Å². The summed E-state index contributed by atoms with van der Waals surface area (Å²) in [4.78, 5) is 60.5. The minimum atomic E-state index is -0.984. The molecule has 0 bridgehead atoms. The highest BCUT2D eigenvalue weighted by Crippen LogP contribution is 2.31. The summed E-state index contributed by atoms with van der Waals surface area (Å²) in [6.07, 6.45) is 1.94. The van der Waals surface area contributed by atoms with Crippen molar-refractivity contribution in [2.75, 3.05) is 13.2 Å². The van der Waals surface area contributed by atoms with Crippen molar-refractivity contribution in [1.29, 1.82) is 0 Å². The van der Waals surface area contributed by atoms with Crippen molar-refractivity contribution >= 4 is 35.1 Å². The number of phenols is 1. The summed E-state index contributed by atoms with van der Waals surface area (Å²) in [5.74, 6) is -2.97. The molecule has 0 aliphatic heterocycles. The topological polar surface area (TPSA) is 176 Å². The Bertz CT molecular complexity index is 1230. The van der Waals surface area contributed by atoms with E-state index in [2.05, 4.69) is 10.3 Å². The number of unbranched alkanes of at least 4 members (excludes halogenated alkanes) is 1. The number of hydrogen-bond acceptors (Lipinski definition) is 10. The second-order valence-electron chi connectivity index (χ2n) is 11.5. The van der Waals surface area contributed by atoms with Gasteiger partial charge in [-0.15, -0.1) is 11.3 Å². The molecule has 0 spiro atoms. The number of aromatic nitrogens is 1. The molecule has 0 saturated heterocycles. The van der Waals surface area contributed by atoms with Gasteiger partial charge in [0.25, 0.3) is 5.91 Å². The van der Waals surface area contributed by atoms with Crippen LogP contribution in [-0.2, 0) is 30.4 Å². The Hall–Kier alpha value is -3.55. The fraction of sp³-hybridized carbons (Fsp3) is 0.594. The largest absolute Gasteiger partial charge is 0.508 e. The first-order valence-electron chi connectivity index (χ1n) is 15.4. The van der Waals surface area contributed by atoms with E-state index in [1.165, 1.54) is 24.1 Å². The molecule has 0 aliphatic rings. The highest BCUT2D eigenvalue weighted by molar-refractivity contribution is 7.09. The van der Waals surface area contributed by atoms with Crippen molar-refractivity contribution < 1.29 is 44.1 Å². The van der Waals surface area contributed by atoms with Crippen LogP contribution >= 0.6 is 11.3 Å². The Kier molecular flexibility index (Phi) is 16.0. The molecule has 45 heavy (non-hydrogen) atoms. The molecule has 0 aliphatic carbocycles. The third kappa shape index (κ3) is 12.8. The number of esters is 1. The quantitative estimate of drug-likeness (QED) is 0.0897. The van der Waals surface area contributed by atoms with Crippen LogP contribution in [0, 0.1) is 11.8 Å². The highest BCUT2D eigenvalue weighted by atomic mass is 32.1. The summed E-state index contributed by atoms with van der Waals surface area (Å²) in [6.45, 7) is 8.74. The molecule has 4 atom stereocenters. The first-order valence-corrected chi connectivity index (χ1v) is 16.2. The molecular formula is C32H47N3O9S. The van der Waals surface area contributed by atoms with Gasteiger partial charge in [0.05, 0.1) is 18.6 Å². The number of aliphatic carboxylic acids is 1. The number of hydroxylamine groups is 2. The van der Waals surface area contributed by atoms with Crippen LogP contribution in [0.3, 0.4) is 0 Å². The van der Waals surface area contributed by atoms with E-state index in [1.807, 2.05) is 20.8 Å². The molecule has 0 fully saturated rings. The summed E-state index contributed by atoms with van der Waals surface area (Å²) in [7, 11) is 0. The Labute approximate surface area is 268 Å². The molecule has 12 nitrogen and oxygen atoms in total. The van der Waals surface area contributed by atoms with Gasteiger partial charge >= 0.3 is 11.9 Å². The van der Waals surface area contributed by atoms with Gasteiger partial charge in [-0.1, -0.05) is 46.2 Å². The van der Waals surface area contributed by atoms with E-state index in [1.54, 1.807) is 24.4 Å². The van der Waals surface area contributed by atoms with Crippen LogP contribution in [0.15, 0.2) is 29.6 Å². The monoisotopic (exact) mass is 649 g/mol. The third-order valence-electron chi connectivity index (χ3n) is 7.20. The Morgan fingerprint density at radius 1 is 1.07 bits per heavy atom. The number of hydrogen-bond donors (Lipinski definition) is 4. The van der Waals surface area contributed by atoms with Crippen molar-refractivity contribution in [2.45, 2.75) is 97.8 Å². The summed E-state index contributed by atoms with van der Waals surface area (Å²) >= 11 is 1.14. The number of phenolic OH excluding ortho intramolecular Hbond substituents is 1. The van der Waals surface area contributed by atoms with Gasteiger partial charge < -0.3 is 25.4 Å². The zero-order valence-electron chi connectivity index (χ0n) is 26.7. The smallest absolute Gasteiger partial charge is 0.306 e. The minimum absolute atomic E-state index is 0.0852. The fourth-order valence-corrected chi connectivity index (χ4v) is 5.55. The maximum Gasteiger partial charge on any atom is 0.306 e. The van der Waals surface area contributed by atoms with E-state index in [-0.39, 0.29) is 55.7 Å². The van der Waals surface area contributed by atoms with E-state index in [4.69, 9.17) is 9.57 Å². The van der Waals surface area contributed by atoms with Crippen LogP contribution in [0.2, 0.25) is 0 Å². The summed E-state index contributed by atoms with van der Waals surface area (Å²) < 4.78 is 5.65. The molecule has 250 valence electrons. The van der Waals surface area contributed by atoms with Gasteiger partial charge in [0.2, 0.25) is 5.91 Å². The van der Waals surface area contributed by atoms with E-state index >= 15 is 0 Å². The number of thiazole rings is 1. The SMILES string of the molecule is CCCCC(=O)N(OCCCO)C(CC(OC(C)=O)c1nc(C(=O)NC(Cc2ccc(O)cc2)CC(C)C(=O)O)cs1)C(C)C. The van der Waals surface area contributed by atoms with E-state index in [0.717, 1.165) is 23.3 Å². The number of carbonyl (C=O) groups excluding carboxylic acids is 3. The van der Waals surface area contributed by atoms with E-state index < -0.39 is 42.0 Å². The lowest BCUT2D eigenvalue weighted by atomic mass is 9.96. The number of aliphatic hydroxyl groups is 1. The third-order valence-corrected chi connectivity index (χ3v) is 8.14. The van der Waals surface area contributed by atoms with Crippen LogP contribution in [0.25, 0.3) is 0 Å². The molecule has 1 aromatic heterocycles. The molecule has 1 heterocycles. The molecule has 1 aromatic carbocycles. The zero-order valence-corrected chi connectivity index (χ0v) is 27.5. The van der Waals surface area contributed by atoms with Crippen molar-refractivity contribution in [3.63, 3.8) is 0 Å². The lowest BCUT2D eigenvalue weighted by Crippen LogP contribution is -2.44. The number of nitrogens with one attached hydrogen (secondary N) is 1. The van der Waals surface area contributed by atoms with Crippen LogP contribution in [-0.4, -0.2) is 74.4 Å². The van der Waals surface area contributed by atoms with Crippen molar-refractivity contribution in [2.24, 2.45) is 11.8 Å². The molecule has 2 aromatic rings. The Morgan fingerprint density at radius 2 is 1.76 bits per heavy atom. The summed E-state index contributed by atoms with van der Waals surface area (Å²) in [5.41, 5.74) is 0.894. The van der Waals surface area contributed by atoms with Crippen LogP contribution < -0.4 is 5.32 Å². The fourth-order valence-electron chi connectivity index (χ4n) is 4.71. The molecule has 2 amide bonds. The molecule has 0 saturated carbocycles. The minimum Gasteiger partial charge on any atom is -0.508 e. The number of carbonyl (C=O) groups is 4. The predicted octanol–water partition coefficient (Wildman–Crippen LogP) is 4.65. The van der Waals surface area contributed by atoms with Crippen molar-refractivity contribution in [3.8, 4) is 5.75 Å². The van der Waals surface area contributed by atoms with Crippen molar-refractivity contribution in [1.82, 2.24) is 15.4 Å². The van der Waals surface area contributed by atoms with Crippen LogP contribution in [0.4, 0.5) is 0 Å². The lowest BCUT2D eigenvalue weighted by Gasteiger charge is -2.35. The van der Waals surface area contributed by atoms with Gasteiger partial charge in [-0.05, 0) is 49.3 Å². The molecule has 0 radical (unpaired) electrons. The van der Waals surface area contributed by atoms with E-state index in [9.17, 15) is 34.5 Å². The second kappa shape index (κ2) is 19.1. The number of carboxylic acids is 1. The maximum absolute atomic E-state index is 13.3. The zero-order chi connectivity index (χ0) is 33.5. The Balaban J connectivity index is 2.31. The number of amides is 2. The van der Waals surface area contributed by atoms with Crippen molar-refractivity contribution in [3.05, 3.63) is 45.9 Å². The number of aliphatic hydroxyl groups excluding tert-OH is 1. The maximum atomic E-state index is 13.3. The highest BCUT2D eigenvalue weighted by Gasteiger charge is 2.33. The number of rotatable bonds is 20. The number of ether oxygens (including phenoxy) is 1. The van der Waals surface area contributed by atoms with E-state index in [0.29, 0.717) is 24.3 Å². The summed E-state index contributed by atoms with van der Waals surface area (Å²) in [5, 5.41) is 34.5. The summed E-state index contributed by atoms with van der Waals surface area (Å²) in [6, 6.07) is 5.44. The average molecular weight is 650 g/mol. The normalized spacial score (nSPS) is 13.9. The standard InChI is InChI=1S/C32H47N3O9S/c1-6-7-9-29(39)35(43-15-8-14-36)27(20(2)3)18-28(44-22(5)37)31-34-26(19-45-31)30(40)33-24(16-21(4)32(41)42)17-23-10-12-25(38)13-11-23/h10-13,19-21,24,27-28,36,38H,6-9,14-18H2,1-5H3,(H,33,40)(H,41,42). The molecular weight excluding hydrogens is 602 g/mol. The van der Waals surface area contributed by atoms with Crippen LogP contribution in [0.1, 0.15) is 100 Å². The lowest BCUT2D eigenvalue weighted by molar-refractivity contribution is -0.210. The van der Waals surface area contributed by atoms with Gasteiger partial charge in [-0.25, -0.2) is 10.0 Å². The van der Waals surface area contributed by atoms with Gasteiger partial charge in [0, 0.05) is 37.8 Å². The molecule has 13 heteroatoms. The first kappa shape index (κ1) is 37.6. The number of aromatic hydroxyl groups is 1. The number of nitrogens with zero attached hydrogens (tertiary/aromatic N) is 2. The number of benzene rings is 1. The van der Waals surface area contributed by atoms with Gasteiger partial charge in [0.1, 0.15) is 16.5 Å². The first-order chi connectivity index (χ1) is 21.4. The van der Waals surface area contributed by atoms with Gasteiger partial charge in [0.15, 0.2) is 6.10 Å². The molecule has 4 unspecified atom stereocenters. The second-order valence-corrected chi connectivity index (χ2v) is 12.4. The molecule has 4 N–H and O–H groups in total. The van der Waals surface area contributed by atoms with Crippen LogP contribution in [0.5, 0.6) is 5.75 Å². The average Bonchev–Trinajstić information content (AvgIpc) is 3.48. The Morgan fingerprint density at radius 3 is 2.33 bits per heavy atom. The molecule has 2 rings (SSSR count). The predicted molar refractivity (Wildman–Crippen MR) is 168 cm³/mol. The number of carboxylic acid groups (broad SMARTS) is 1.